The highest BCUT2D eigenvalue weighted by Gasteiger charge is 2.37. The van der Waals surface area contributed by atoms with Crippen molar-refractivity contribution in [3.63, 3.8) is 0 Å². The first-order valence-electron chi connectivity index (χ1n) is 5.92. The summed E-state index contributed by atoms with van der Waals surface area (Å²) >= 11 is 0. The van der Waals surface area contributed by atoms with Crippen molar-refractivity contribution in [2.45, 2.75) is 59.7 Å². The minimum absolute atomic E-state index is 0.146. The molecule has 2 atom stereocenters. The van der Waals surface area contributed by atoms with Gasteiger partial charge in [-0.2, -0.15) is 0 Å². The molecule has 1 amide bonds. The smallest absolute Gasteiger partial charge is 0.238 e. The number of carbonyl (C=O) groups excluding carboxylic acids is 1. The lowest BCUT2D eigenvalue weighted by molar-refractivity contribution is -0.132. The first kappa shape index (κ1) is 12.5. The standard InChI is InChI=1S/C12H24N2O/c1-6-7-10-13-8-11(15)14(10)9(2)12(3,4)5/h9-10,13H,6-8H2,1-5H3. The minimum atomic E-state index is 0.146. The van der Waals surface area contributed by atoms with Crippen LogP contribution in [0.2, 0.25) is 0 Å². The second-order valence-corrected chi connectivity index (χ2v) is 5.53. The van der Waals surface area contributed by atoms with Gasteiger partial charge in [-0.05, 0) is 18.8 Å². The second kappa shape index (κ2) is 4.52. The summed E-state index contributed by atoms with van der Waals surface area (Å²) in [6, 6.07) is 0.288. The SMILES string of the molecule is CCCC1NCC(=O)N1C(C)C(C)(C)C. The van der Waals surface area contributed by atoms with Gasteiger partial charge in [0.2, 0.25) is 5.91 Å². The summed E-state index contributed by atoms with van der Waals surface area (Å²) in [6.07, 6.45) is 2.40. The maximum absolute atomic E-state index is 11.8. The summed E-state index contributed by atoms with van der Waals surface area (Å²) in [5.41, 5.74) is 0.146. The van der Waals surface area contributed by atoms with Crippen LogP contribution in [0, 0.1) is 5.41 Å². The van der Waals surface area contributed by atoms with Crippen LogP contribution < -0.4 is 5.32 Å². The van der Waals surface area contributed by atoms with E-state index in [2.05, 4.69) is 39.9 Å². The highest BCUT2D eigenvalue weighted by molar-refractivity contribution is 5.81. The van der Waals surface area contributed by atoms with Gasteiger partial charge in [0.15, 0.2) is 0 Å². The molecular weight excluding hydrogens is 188 g/mol. The Morgan fingerprint density at radius 3 is 2.60 bits per heavy atom. The number of nitrogens with zero attached hydrogens (tertiary/aromatic N) is 1. The van der Waals surface area contributed by atoms with E-state index in [-0.39, 0.29) is 23.5 Å². The molecule has 0 bridgehead atoms. The molecule has 1 heterocycles. The van der Waals surface area contributed by atoms with Gasteiger partial charge >= 0.3 is 0 Å². The average molecular weight is 212 g/mol. The molecule has 0 saturated carbocycles. The van der Waals surface area contributed by atoms with Crippen LogP contribution >= 0.6 is 0 Å². The summed E-state index contributed by atoms with van der Waals surface area (Å²) < 4.78 is 0. The summed E-state index contributed by atoms with van der Waals surface area (Å²) in [4.78, 5) is 13.8. The van der Waals surface area contributed by atoms with E-state index >= 15 is 0 Å². The van der Waals surface area contributed by atoms with Crippen molar-refractivity contribution in [3.05, 3.63) is 0 Å². The molecule has 0 aliphatic carbocycles. The molecule has 3 heteroatoms. The Morgan fingerprint density at radius 1 is 1.53 bits per heavy atom. The third-order valence-electron chi connectivity index (χ3n) is 3.35. The Labute approximate surface area is 93.2 Å². The van der Waals surface area contributed by atoms with Crippen LogP contribution in [0.4, 0.5) is 0 Å². The van der Waals surface area contributed by atoms with Gasteiger partial charge in [-0.3, -0.25) is 10.1 Å². The normalized spacial score (nSPS) is 24.7. The molecule has 0 aromatic heterocycles. The molecule has 88 valence electrons. The fraction of sp³-hybridized carbons (Fsp3) is 0.917. The fourth-order valence-corrected chi connectivity index (χ4v) is 1.99. The van der Waals surface area contributed by atoms with Gasteiger partial charge in [0, 0.05) is 6.04 Å². The monoisotopic (exact) mass is 212 g/mol. The molecule has 0 radical (unpaired) electrons. The maximum atomic E-state index is 11.8. The number of carbonyl (C=O) groups is 1. The van der Waals surface area contributed by atoms with Gasteiger partial charge in [0.1, 0.15) is 0 Å². The summed E-state index contributed by atoms with van der Waals surface area (Å²) in [5.74, 6) is 0.246. The molecule has 1 rings (SSSR count). The zero-order valence-electron chi connectivity index (χ0n) is 10.6. The van der Waals surface area contributed by atoms with Gasteiger partial charge in [-0.25, -0.2) is 0 Å². The lowest BCUT2D eigenvalue weighted by Gasteiger charge is -2.38. The van der Waals surface area contributed by atoms with E-state index in [1.807, 2.05) is 4.90 Å². The van der Waals surface area contributed by atoms with Gasteiger partial charge in [0.05, 0.1) is 12.7 Å². The van der Waals surface area contributed by atoms with Crippen molar-refractivity contribution in [1.29, 1.82) is 0 Å². The summed E-state index contributed by atoms with van der Waals surface area (Å²) in [7, 11) is 0. The van der Waals surface area contributed by atoms with Crippen molar-refractivity contribution in [3.8, 4) is 0 Å². The molecule has 1 N–H and O–H groups in total. The maximum Gasteiger partial charge on any atom is 0.238 e. The number of hydrogen-bond donors (Lipinski definition) is 1. The van der Waals surface area contributed by atoms with E-state index in [1.165, 1.54) is 0 Å². The molecule has 2 unspecified atom stereocenters. The largest absolute Gasteiger partial charge is 0.323 e. The van der Waals surface area contributed by atoms with E-state index in [1.54, 1.807) is 0 Å². The zero-order chi connectivity index (χ0) is 11.6. The quantitative estimate of drug-likeness (QED) is 0.776. The highest BCUT2D eigenvalue weighted by Crippen LogP contribution is 2.27. The molecule has 1 aliphatic heterocycles. The topological polar surface area (TPSA) is 32.3 Å². The lowest BCUT2D eigenvalue weighted by atomic mass is 9.86. The van der Waals surface area contributed by atoms with Crippen LogP contribution in [0.3, 0.4) is 0 Å². The summed E-state index contributed by atoms with van der Waals surface area (Å²) in [6.45, 7) is 11.4. The number of rotatable bonds is 3. The van der Waals surface area contributed by atoms with E-state index < -0.39 is 0 Å². The van der Waals surface area contributed by atoms with Crippen molar-refractivity contribution >= 4 is 5.91 Å². The Balaban J connectivity index is 2.75. The Kier molecular flexibility index (Phi) is 3.77. The Bertz CT molecular complexity index is 232. The van der Waals surface area contributed by atoms with E-state index in [0.717, 1.165) is 12.8 Å². The molecule has 3 nitrogen and oxygen atoms in total. The van der Waals surface area contributed by atoms with Crippen LogP contribution in [-0.4, -0.2) is 29.6 Å². The molecule has 1 saturated heterocycles. The molecular formula is C12H24N2O. The molecule has 0 aromatic rings. The molecule has 1 aliphatic rings. The number of hydrogen-bond acceptors (Lipinski definition) is 2. The van der Waals surface area contributed by atoms with Crippen molar-refractivity contribution in [1.82, 2.24) is 10.2 Å². The van der Waals surface area contributed by atoms with Gasteiger partial charge in [0.25, 0.3) is 0 Å². The van der Waals surface area contributed by atoms with Crippen molar-refractivity contribution in [2.24, 2.45) is 5.41 Å². The molecule has 0 aromatic carbocycles. The fourth-order valence-electron chi connectivity index (χ4n) is 1.99. The highest BCUT2D eigenvalue weighted by atomic mass is 16.2. The zero-order valence-corrected chi connectivity index (χ0v) is 10.6. The molecule has 0 spiro atoms. The first-order chi connectivity index (χ1) is 6.88. The van der Waals surface area contributed by atoms with Gasteiger partial charge < -0.3 is 4.90 Å². The van der Waals surface area contributed by atoms with E-state index in [9.17, 15) is 4.79 Å². The Morgan fingerprint density at radius 2 is 2.13 bits per heavy atom. The predicted molar refractivity (Wildman–Crippen MR) is 62.5 cm³/mol. The predicted octanol–water partition coefficient (Wildman–Crippen LogP) is 1.98. The van der Waals surface area contributed by atoms with Crippen LogP contribution in [0.15, 0.2) is 0 Å². The molecule has 1 fully saturated rings. The van der Waals surface area contributed by atoms with Crippen LogP contribution in [0.5, 0.6) is 0 Å². The molecule has 15 heavy (non-hydrogen) atoms. The van der Waals surface area contributed by atoms with Crippen molar-refractivity contribution < 1.29 is 4.79 Å². The van der Waals surface area contributed by atoms with Crippen LogP contribution in [0.1, 0.15) is 47.5 Å². The lowest BCUT2D eigenvalue weighted by Crippen LogP contribution is -2.48. The van der Waals surface area contributed by atoms with E-state index in [0.29, 0.717) is 6.54 Å². The average Bonchev–Trinajstić information content (AvgIpc) is 2.45. The Hall–Kier alpha value is -0.570. The second-order valence-electron chi connectivity index (χ2n) is 5.53. The van der Waals surface area contributed by atoms with Crippen molar-refractivity contribution in [2.75, 3.05) is 6.54 Å². The van der Waals surface area contributed by atoms with Crippen LogP contribution in [-0.2, 0) is 4.79 Å². The van der Waals surface area contributed by atoms with Gasteiger partial charge in [-0.15, -0.1) is 0 Å². The van der Waals surface area contributed by atoms with Crippen LogP contribution in [0.25, 0.3) is 0 Å². The third kappa shape index (κ3) is 2.71. The number of nitrogens with one attached hydrogen (secondary N) is 1. The summed E-state index contributed by atoms with van der Waals surface area (Å²) in [5, 5.41) is 3.29. The van der Waals surface area contributed by atoms with Gasteiger partial charge in [-0.1, -0.05) is 34.1 Å². The third-order valence-corrected chi connectivity index (χ3v) is 3.35. The number of amides is 1. The minimum Gasteiger partial charge on any atom is -0.323 e. The first-order valence-corrected chi connectivity index (χ1v) is 5.92. The van der Waals surface area contributed by atoms with E-state index in [4.69, 9.17) is 0 Å².